The molecule has 0 N–H and O–H groups in total. The molecule has 25 heavy (non-hydrogen) atoms. The molecule has 0 radical (unpaired) electrons. The van der Waals surface area contributed by atoms with Gasteiger partial charge in [0, 0.05) is 13.0 Å². The zero-order valence-electron chi connectivity index (χ0n) is 13.5. The summed E-state index contributed by atoms with van der Waals surface area (Å²) in [5.74, 6) is -0.602. The Morgan fingerprint density at radius 3 is 2.60 bits per heavy atom. The molecule has 2 aromatic rings. The van der Waals surface area contributed by atoms with Crippen molar-refractivity contribution >= 4 is 16.0 Å². The number of fused-ring (bicyclic) bond motifs is 1. The summed E-state index contributed by atoms with van der Waals surface area (Å²) in [6, 6.07) is 14.2. The number of hydrogen-bond donors (Lipinski definition) is 0. The van der Waals surface area contributed by atoms with Gasteiger partial charge in [-0.1, -0.05) is 30.3 Å². The molecule has 0 fully saturated rings. The quantitative estimate of drug-likeness (QED) is 0.783. The van der Waals surface area contributed by atoms with E-state index in [1.54, 1.807) is 0 Å². The average molecular weight is 356 g/mol. The van der Waals surface area contributed by atoms with Gasteiger partial charge in [-0.3, -0.25) is 4.79 Å². The summed E-state index contributed by atoms with van der Waals surface area (Å²) in [6.45, 7) is 0.0784. The maximum atomic E-state index is 13.1. The van der Waals surface area contributed by atoms with Gasteiger partial charge in [0.05, 0.1) is 23.6 Å². The molecule has 1 aliphatic rings. The third kappa shape index (κ3) is 3.14. The Labute approximate surface area is 146 Å². The van der Waals surface area contributed by atoms with Crippen molar-refractivity contribution in [3.05, 3.63) is 65.2 Å². The molecule has 1 heterocycles. The number of benzene rings is 2. The summed E-state index contributed by atoms with van der Waals surface area (Å²) in [5, 5.41) is 9.01. The third-order valence-corrected chi connectivity index (χ3v) is 6.10. The zero-order valence-corrected chi connectivity index (χ0v) is 14.4. The first kappa shape index (κ1) is 17.1. The van der Waals surface area contributed by atoms with Gasteiger partial charge in [0.1, 0.15) is 6.04 Å². The smallest absolute Gasteiger partial charge is 0.324 e. The second kappa shape index (κ2) is 6.67. The summed E-state index contributed by atoms with van der Waals surface area (Å²) in [6.07, 6.45) is 0.250. The molecule has 6 nitrogen and oxygen atoms in total. The van der Waals surface area contributed by atoms with Crippen LogP contribution in [0.2, 0.25) is 0 Å². The summed E-state index contributed by atoms with van der Waals surface area (Å²) < 4.78 is 32.2. The SMILES string of the molecule is COC(=O)C1Cc2ccccc2CN1S(=O)(=O)c1cccc(C#N)c1. The van der Waals surface area contributed by atoms with Crippen molar-refractivity contribution in [3.63, 3.8) is 0 Å². The van der Waals surface area contributed by atoms with Crippen LogP contribution in [0.5, 0.6) is 0 Å². The highest BCUT2D eigenvalue weighted by Crippen LogP contribution is 2.29. The van der Waals surface area contributed by atoms with Crippen molar-refractivity contribution in [2.24, 2.45) is 0 Å². The van der Waals surface area contributed by atoms with Gasteiger partial charge < -0.3 is 4.74 Å². The molecule has 1 atom stereocenters. The van der Waals surface area contributed by atoms with Gasteiger partial charge in [0.15, 0.2) is 0 Å². The van der Waals surface area contributed by atoms with E-state index in [1.165, 1.54) is 31.4 Å². The van der Waals surface area contributed by atoms with Gasteiger partial charge in [-0.15, -0.1) is 0 Å². The van der Waals surface area contributed by atoms with Crippen LogP contribution in [0, 0.1) is 11.3 Å². The molecule has 1 unspecified atom stereocenters. The van der Waals surface area contributed by atoms with Gasteiger partial charge in [-0.05, 0) is 29.3 Å². The number of esters is 1. The van der Waals surface area contributed by atoms with E-state index < -0.39 is 22.0 Å². The predicted molar refractivity (Wildman–Crippen MR) is 89.8 cm³/mol. The Hall–Kier alpha value is -2.69. The van der Waals surface area contributed by atoms with Crippen molar-refractivity contribution in [2.75, 3.05) is 7.11 Å². The molecule has 0 amide bonds. The Balaban J connectivity index is 2.08. The predicted octanol–water partition coefficient (Wildman–Crippen LogP) is 1.85. The number of methoxy groups -OCH3 is 1. The van der Waals surface area contributed by atoms with Crippen molar-refractivity contribution in [1.29, 1.82) is 5.26 Å². The van der Waals surface area contributed by atoms with E-state index >= 15 is 0 Å². The van der Waals surface area contributed by atoms with Crippen LogP contribution >= 0.6 is 0 Å². The van der Waals surface area contributed by atoms with Crippen molar-refractivity contribution < 1.29 is 17.9 Å². The number of nitrogens with zero attached hydrogens (tertiary/aromatic N) is 2. The summed E-state index contributed by atoms with van der Waals surface area (Å²) in [4.78, 5) is 12.2. The lowest BCUT2D eigenvalue weighted by Gasteiger charge is -2.34. The molecule has 1 aliphatic heterocycles. The summed E-state index contributed by atoms with van der Waals surface area (Å²) in [7, 11) is -2.72. The van der Waals surface area contributed by atoms with Crippen molar-refractivity contribution in [1.82, 2.24) is 4.31 Å². The van der Waals surface area contributed by atoms with Crippen LogP contribution in [0.25, 0.3) is 0 Å². The number of carbonyl (C=O) groups is 1. The van der Waals surface area contributed by atoms with E-state index in [1.807, 2.05) is 30.3 Å². The maximum Gasteiger partial charge on any atom is 0.324 e. The fraction of sp³-hybridized carbons (Fsp3) is 0.222. The zero-order chi connectivity index (χ0) is 18.0. The second-order valence-corrected chi connectivity index (χ2v) is 7.59. The van der Waals surface area contributed by atoms with Gasteiger partial charge in [-0.2, -0.15) is 9.57 Å². The van der Waals surface area contributed by atoms with E-state index in [0.717, 1.165) is 15.4 Å². The molecule has 0 saturated heterocycles. The molecule has 0 bridgehead atoms. The van der Waals surface area contributed by atoms with Gasteiger partial charge in [-0.25, -0.2) is 8.42 Å². The van der Waals surface area contributed by atoms with E-state index in [0.29, 0.717) is 0 Å². The summed E-state index contributed by atoms with van der Waals surface area (Å²) >= 11 is 0. The fourth-order valence-electron chi connectivity index (χ4n) is 2.95. The highest BCUT2D eigenvalue weighted by Gasteiger charge is 2.40. The first-order valence-corrected chi connectivity index (χ1v) is 9.08. The molecular weight excluding hydrogens is 340 g/mol. The molecule has 2 aromatic carbocycles. The highest BCUT2D eigenvalue weighted by molar-refractivity contribution is 7.89. The number of rotatable bonds is 3. The van der Waals surface area contributed by atoms with E-state index in [-0.39, 0.29) is 23.4 Å². The van der Waals surface area contributed by atoms with Gasteiger partial charge >= 0.3 is 5.97 Å². The van der Waals surface area contributed by atoms with E-state index in [4.69, 9.17) is 10.00 Å². The minimum absolute atomic E-state index is 0.0140. The number of nitriles is 1. The lowest BCUT2D eigenvalue weighted by atomic mass is 9.96. The van der Waals surface area contributed by atoms with E-state index in [9.17, 15) is 13.2 Å². The fourth-order valence-corrected chi connectivity index (χ4v) is 4.55. The number of sulfonamides is 1. The topological polar surface area (TPSA) is 87.5 Å². The average Bonchev–Trinajstić information content (AvgIpc) is 2.66. The van der Waals surface area contributed by atoms with Gasteiger partial charge in [0.25, 0.3) is 0 Å². The minimum Gasteiger partial charge on any atom is -0.468 e. The van der Waals surface area contributed by atoms with Crippen LogP contribution < -0.4 is 0 Å². The Kier molecular flexibility index (Phi) is 4.57. The lowest BCUT2D eigenvalue weighted by Crippen LogP contribution is -2.49. The molecule has 7 heteroatoms. The molecular formula is C18H16N2O4S. The third-order valence-electron chi connectivity index (χ3n) is 4.25. The van der Waals surface area contributed by atoms with Crippen LogP contribution in [-0.4, -0.2) is 31.8 Å². The van der Waals surface area contributed by atoms with Crippen LogP contribution in [0.4, 0.5) is 0 Å². The monoisotopic (exact) mass is 356 g/mol. The van der Waals surface area contributed by atoms with Gasteiger partial charge in [0.2, 0.25) is 10.0 Å². The van der Waals surface area contributed by atoms with Crippen molar-refractivity contribution in [2.45, 2.75) is 23.9 Å². The molecule has 0 spiro atoms. The Morgan fingerprint density at radius 1 is 1.20 bits per heavy atom. The molecule has 0 aliphatic carbocycles. The van der Waals surface area contributed by atoms with Crippen LogP contribution in [0.15, 0.2) is 53.4 Å². The number of carbonyl (C=O) groups excluding carboxylic acids is 1. The first-order chi connectivity index (χ1) is 12.0. The van der Waals surface area contributed by atoms with Crippen LogP contribution in [0.1, 0.15) is 16.7 Å². The molecule has 3 rings (SSSR count). The Bertz CT molecular complexity index is 963. The molecule has 0 saturated carbocycles. The molecule has 128 valence electrons. The second-order valence-electron chi connectivity index (χ2n) is 5.70. The first-order valence-electron chi connectivity index (χ1n) is 7.64. The van der Waals surface area contributed by atoms with Crippen LogP contribution in [-0.2, 0) is 32.5 Å². The molecule has 0 aromatic heterocycles. The standard InChI is InChI=1S/C18H16N2O4S/c1-24-18(21)17-10-14-6-2-3-7-15(14)12-20(17)25(22,23)16-8-4-5-13(9-16)11-19/h2-9,17H,10,12H2,1H3. The lowest BCUT2D eigenvalue weighted by molar-refractivity contribution is -0.145. The maximum absolute atomic E-state index is 13.1. The Morgan fingerprint density at radius 2 is 1.92 bits per heavy atom. The summed E-state index contributed by atoms with van der Waals surface area (Å²) in [5.41, 5.74) is 2.02. The highest BCUT2D eigenvalue weighted by atomic mass is 32.2. The largest absolute Gasteiger partial charge is 0.468 e. The number of hydrogen-bond acceptors (Lipinski definition) is 5. The van der Waals surface area contributed by atoms with Crippen molar-refractivity contribution in [3.8, 4) is 6.07 Å². The minimum atomic E-state index is -3.96. The number of ether oxygens (including phenoxy) is 1. The normalized spacial score (nSPS) is 17.4. The van der Waals surface area contributed by atoms with E-state index in [2.05, 4.69) is 0 Å². The van der Waals surface area contributed by atoms with Crippen LogP contribution in [0.3, 0.4) is 0 Å².